The number of allylic oxidation sites excluding steroid dienone is 2. The minimum Gasteiger partial charge on any atom is -0.469 e. The zero-order chi connectivity index (χ0) is 7.23. The second-order valence-corrected chi connectivity index (χ2v) is 1.79. The zero-order valence-electron chi connectivity index (χ0n) is 5.53. The van der Waals surface area contributed by atoms with Gasteiger partial charge in [-0.25, -0.2) is 5.11 Å². The third kappa shape index (κ3) is 2.21. The van der Waals surface area contributed by atoms with E-state index in [1.807, 2.05) is 6.08 Å². The molecule has 0 bridgehead atoms. The molecule has 10 heavy (non-hydrogen) atoms. The number of ether oxygens (including phenoxy) is 2. The molecule has 0 spiro atoms. The van der Waals surface area contributed by atoms with E-state index in [2.05, 4.69) is 0 Å². The summed E-state index contributed by atoms with van der Waals surface area (Å²) in [5.74, 6) is 0. The topological polar surface area (TPSA) is 38.4 Å². The van der Waals surface area contributed by atoms with E-state index >= 15 is 0 Å². The Morgan fingerprint density at radius 2 is 2.40 bits per heavy atom. The average Bonchev–Trinajstić information content (AvgIpc) is 2.03. The van der Waals surface area contributed by atoms with Crippen LogP contribution in [-0.4, -0.2) is 19.5 Å². The lowest BCUT2D eigenvalue weighted by Crippen LogP contribution is -2.15. The van der Waals surface area contributed by atoms with Crippen LogP contribution in [-0.2, 0) is 14.6 Å². The van der Waals surface area contributed by atoms with Crippen molar-refractivity contribution in [3.05, 3.63) is 24.5 Å². The van der Waals surface area contributed by atoms with Crippen molar-refractivity contribution in [2.75, 3.05) is 13.2 Å². The van der Waals surface area contributed by atoms with E-state index in [-0.39, 0.29) is 19.5 Å². The lowest BCUT2D eigenvalue weighted by atomic mass is 10.4. The van der Waals surface area contributed by atoms with E-state index in [4.69, 9.17) is 9.47 Å². The van der Waals surface area contributed by atoms with Gasteiger partial charge in [-0.2, -0.15) is 0 Å². The van der Waals surface area contributed by atoms with Gasteiger partial charge < -0.3 is 9.47 Å². The lowest BCUT2D eigenvalue weighted by Gasteiger charge is -2.13. The molecule has 3 nitrogen and oxygen atoms in total. The second-order valence-electron chi connectivity index (χ2n) is 1.79. The maximum Gasteiger partial charge on any atom is 0.219 e. The van der Waals surface area contributed by atoms with Crippen molar-refractivity contribution in [2.24, 2.45) is 0 Å². The van der Waals surface area contributed by atoms with Crippen LogP contribution in [0.3, 0.4) is 0 Å². The Morgan fingerprint density at radius 1 is 1.50 bits per heavy atom. The molecule has 0 aromatic heterocycles. The smallest absolute Gasteiger partial charge is 0.219 e. The summed E-state index contributed by atoms with van der Waals surface area (Å²) in [6, 6.07) is 0. The summed E-state index contributed by atoms with van der Waals surface area (Å²) >= 11 is 0. The van der Waals surface area contributed by atoms with Gasteiger partial charge in [-0.15, -0.1) is 0 Å². The Labute approximate surface area is 59.6 Å². The summed E-state index contributed by atoms with van der Waals surface area (Å²) in [5, 5.41) is 9.95. The quantitative estimate of drug-likeness (QED) is 0.584. The monoisotopic (exact) mass is 141 g/mol. The third-order valence-electron chi connectivity index (χ3n) is 1.04. The maximum absolute atomic E-state index is 9.95. The van der Waals surface area contributed by atoms with Crippen LogP contribution < -0.4 is 0 Å². The molecule has 1 radical (unpaired) electrons. The van der Waals surface area contributed by atoms with Gasteiger partial charge >= 0.3 is 0 Å². The second kappa shape index (κ2) is 4.09. The number of hydrogen-bond donors (Lipinski definition) is 0. The van der Waals surface area contributed by atoms with Crippen molar-refractivity contribution >= 4 is 0 Å². The molecule has 55 valence electrons. The number of rotatable bonds is 3. The Morgan fingerprint density at radius 3 is 3.00 bits per heavy atom. The molecule has 1 unspecified atom stereocenters. The van der Waals surface area contributed by atoms with Crippen LogP contribution in [0.5, 0.6) is 0 Å². The van der Waals surface area contributed by atoms with Gasteiger partial charge in [0.15, 0.2) is 0 Å². The predicted molar refractivity (Wildman–Crippen MR) is 34.7 cm³/mol. The largest absolute Gasteiger partial charge is 0.469 e. The van der Waals surface area contributed by atoms with Gasteiger partial charge in [0.05, 0.1) is 12.9 Å². The highest BCUT2D eigenvalue weighted by Crippen LogP contribution is 2.02. The molecule has 0 aromatic rings. The SMILES string of the molecule is [O]CCOC1C=CC=CO1. The first-order chi connectivity index (χ1) is 4.93. The van der Waals surface area contributed by atoms with Crippen molar-refractivity contribution in [3.63, 3.8) is 0 Å². The first-order valence-electron chi connectivity index (χ1n) is 3.12. The van der Waals surface area contributed by atoms with Crippen molar-refractivity contribution in [1.29, 1.82) is 0 Å². The number of hydrogen-bond acceptors (Lipinski definition) is 2. The molecule has 1 heterocycles. The summed E-state index contributed by atoms with van der Waals surface area (Å²) < 4.78 is 9.91. The molecule has 1 aliphatic rings. The van der Waals surface area contributed by atoms with Crippen molar-refractivity contribution in [3.8, 4) is 0 Å². The summed E-state index contributed by atoms with van der Waals surface area (Å²) in [7, 11) is 0. The van der Waals surface area contributed by atoms with Gasteiger partial charge in [0, 0.05) is 0 Å². The fraction of sp³-hybridized carbons (Fsp3) is 0.429. The summed E-state index contributed by atoms with van der Waals surface area (Å²) in [5.41, 5.74) is 0. The molecule has 1 rings (SSSR count). The summed E-state index contributed by atoms with van der Waals surface area (Å²) in [6.07, 6.45) is 6.50. The average molecular weight is 141 g/mol. The highest BCUT2D eigenvalue weighted by molar-refractivity contribution is 5.05. The van der Waals surface area contributed by atoms with Crippen molar-refractivity contribution in [2.45, 2.75) is 6.29 Å². The van der Waals surface area contributed by atoms with Crippen molar-refractivity contribution < 1.29 is 14.6 Å². The van der Waals surface area contributed by atoms with Gasteiger partial charge in [-0.05, 0) is 12.2 Å². The zero-order valence-corrected chi connectivity index (χ0v) is 5.53. The first kappa shape index (κ1) is 7.31. The standard InChI is InChI=1S/C7H9O3/c8-4-6-10-7-3-1-2-5-9-7/h1-3,5,7H,4,6H2. The lowest BCUT2D eigenvalue weighted by molar-refractivity contribution is -0.0880. The summed E-state index contributed by atoms with van der Waals surface area (Å²) in [4.78, 5) is 0. The highest BCUT2D eigenvalue weighted by Gasteiger charge is 2.03. The maximum atomic E-state index is 9.95. The van der Waals surface area contributed by atoms with E-state index in [1.54, 1.807) is 12.2 Å². The van der Waals surface area contributed by atoms with E-state index < -0.39 is 0 Å². The van der Waals surface area contributed by atoms with Crippen LogP contribution >= 0.6 is 0 Å². The van der Waals surface area contributed by atoms with Gasteiger partial charge in [0.1, 0.15) is 6.61 Å². The molecular weight excluding hydrogens is 132 g/mol. The Bertz CT molecular complexity index is 140. The van der Waals surface area contributed by atoms with Crippen LogP contribution in [0, 0.1) is 0 Å². The van der Waals surface area contributed by atoms with Gasteiger partial charge in [-0.3, -0.25) is 0 Å². The normalized spacial score (nSPS) is 22.7. The minimum absolute atomic E-state index is 0.197. The van der Waals surface area contributed by atoms with Crippen molar-refractivity contribution in [1.82, 2.24) is 0 Å². The third-order valence-corrected chi connectivity index (χ3v) is 1.04. The van der Waals surface area contributed by atoms with E-state index in [0.29, 0.717) is 0 Å². The van der Waals surface area contributed by atoms with E-state index in [1.165, 1.54) is 6.26 Å². The fourth-order valence-corrected chi connectivity index (χ4v) is 0.627. The minimum atomic E-state index is -0.362. The molecule has 0 N–H and O–H groups in total. The van der Waals surface area contributed by atoms with Crippen LogP contribution in [0.25, 0.3) is 0 Å². The van der Waals surface area contributed by atoms with E-state index in [0.717, 1.165) is 0 Å². The van der Waals surface area contributed by atoms with Gasteiger partial charge in [0.25, 0.3) is 0 Å². The molecular formula is C7H9O3. The molecule has 0 aromatic carbocycles. The molecule has 0 saturated carbocycles. The fourth-order valence-electron chi connectivity index (χ4n) is 0.627. The van der Waals surface area contributed by atoms with Crippen LogP contribution in [0.15, 0.2) is 24.5 Å². The molecule has 0 fully saturated rings. The molecule has 1 atom stereocenters. The van der Waals surface area contributed by atoms with Gasteiger partial charge in [0.2, 0.25) is 6.29 Å². The predicted octanol–water partition coefficient (Wildman–Crippen LogP) is 0.860. The highest BCUT2D eigenvalue weighted by atomic mass is 16.7. The van der Waals surface area contributed by atoms with E-state index in [9.17, 15) is 5.11 Å². The molecule has 1 aliphatic heterocycles. The first-order valence-corrected chi connectivity index (χ1v) is 3.12. The van der Waals surface area contributed by atoms with Crippen LogP contribution in [0.4, 0.5) is 0 Å². The Balaban J connectivity index is 2.17. The Hall–Kier alpha value is -0.800. The molecule has 0 amide bonds. The van der Waals surface area contributed by atoms with Gasteiger partial charge in [-0.1, -0.05) is 6.08 Å². The summed E-state index contributed by atoms with van der Waals surface area (Å²) in [6.45, 7) is -0.0275. The molecule has 3 heteroatoms. The molecule has 0 aliphatic carbocycles. The van der Waals surface area contributed by atoms with Crippen LogP contribution in [0.1, 0.15) is 0 Å². The molecule has 0 saturated heterocycles. The van der Waals surface area contributed by atoms with Crippen LogP contribution in [0.2, 0.25) is 0 Å². The Kier molecular flexibility index (Phi) is 2.99.